The molecular weight excluding hydrogens is 1220 g/mol. The van der Waals surface area contributed by atoms with Gasteiger partial charge in [-0.2, -0.15) is 0 Å². The second-order valence-corrected chi connectivity index (χ2v) is 23.3. The predicted octanol–water partition coefficient (Wildman–Crippen LogP) is -5.39. The molecule has 1 atom stereocenters. The monoisotopic (exact) mass is 1350 g/mol. The Morgan fingerprint density at radius 3 is 1.10 bits per heavy atom. The number of carbonyl (C=O) groups is 4. The lowest BCUT2D eigenvalue weighted by atomic mass is 10.2. The quantitative estimate of drug-likeness (QED) is 0.0999. The van der Waals surface area contributed by atoms with Crippen LogP contribution in [0.2, 0.25) is 0 Å². The standard InChI is InChI=1S/C16H28N4.C15H31N7O3.C13H21N3.C10H25N5.C9H20N4O.BrH/c1-2-5-16(6-3-1)15-20-13-11-18-8-4-7-17-9-10-19-12-14-20;16-13(23)10-20-4-1-2-19-3-5-21(11-14(17)24)7-9-22(8-6-20)12-15(18)25;1-2-4-13(5-3-1)12-16-10-8-14-6-7-15-9-11-16;11-8-10-9-14-5-4-12-2-1-3-13-6-7-15-10;14-9-1-2-10-3-4-11-5-6-12-7-8-13-9;/h1-3,5-6,17-19H,4,7-15H2;19H,1-12H2,(H2,16,23)(H2,17,24)(H2,18,25);1-5,14-15H,6-12H2;10,12-15H,1-9,11H2;10-12H,1-8H2,(H,13,14);1H. The fourth-order valence-electron chi connectivity index (χ4n) is 10.3. The minimum absolute atomic E-state index is 0. The first-order chi connectivity index (χ1) is 44.1. The van der Waals surface area contributed by atoms with Crippen LogP contribution in [0.1, 0.15) is 36.8 Å². The van der Waals surface area contributed by atoms with Crippen molar-refractivity contribution in [3.63, 3.8) is 0 Å². The Labute approximate surface area is 557 Å². The summed E-state index contributed by atoms with van der Waals surface area (Å²) in [4.78, 5) is 55.9. The van der Waals surface area contributed by atoms with Gasteiger partial charge in [-0.05, 0) is 69.7 Å². The molecule has 27 nitrogen and oxygen atoms in total. The zero-order valence-electron chi connectivity index (χ0n) is 55.5. The molecule has 0 saturated carbocycles. The van der Waals surface area contributed by atoms with Gasteiger partial charge in [-0.15, -0.1) is 17.0 Å². The van der Waals surface area contributed by atoms with Crippen molar-refractivity contribution in [2.24, 2.45) is 22.9 Å². The Hall–Kier alpha value is -3.96. The summed E-state index contributed by atoms with van der Waals surface area (Å²) >= 11 is 0. The van der Waals surface area contributed by atoms with Crippen molar-refractivity contribution in [3.05, 3.63) is 71.8 Å². The van der Waals surface area contributed by atoms with Crippen LogP contribution in [0.5, 0.6) is 0 Å². The van der Waals surface area contributed by atoms with Crippen molar-refractivity contribution in [2.45, 2.75) is 44.8 Å². The highest BCUT2D eigenvalue weighted by Gasteiger charge is 2.17. The summed E-state index contributed by atoms with van der Waals surface area (Å²) in [6, 6.07) is 21.9. The number of nitrogens with two attached hydrogens (primary N) is 4. The molecular formula is C63H126BrN23O4. The Morgan fingerprint density at radius 1 is 0.363 bits per heavy atom. The molecule has 5 saturated heterocycles. The molecule has 5 heterocycles. The number of nitrogens with zero attached hydrogens (tertiary/aromatic N) is 5. The predicted molar refractivity (Wildman–Crippen MR) is 377 cm³/mol. The molecule has 0 aliphatic carbocycles. The van der Waals surface area contributed by atoms with Crippen molar-refractivity contribution in [3.8, 4) is 0 Å². The normalized spacial score (nSPS) is 21.5. The maximum Gasteiger partial charge on any atom is 0.231 e. The summed E-state index contributed by atoms with van der Waals surface area (Å²) in [6.45, 7) is 37.4. The van der Waals surface area contributed by atoms with Gasteiger partial charge in [0.25, 0.3) is 0 Å². The highest BCUT2D eigenvalue weighted by Crippen LogP contribution is 2.05. The van der Waals surface area contributed by atoms with Crippen LogP contribution in [0, 0.1) is 0 Å². The van der Waals surface area contributed by atoms with Gasteiger partial charge in [-0.3, -0.25) is 43.7 Å². The van der Waals surface area contributed by atoms with Gasteiger partial charge in [0, 0.05) is 228 Å². The maximum atomic E-state index is 11.3. The van der Waals surface area contributed by atoms with Gasteiger partial charge in [-0.25, -0.2) is 0 Å². The molecule has 2 aromatic rings. The Bertz CT molecular complexity index is 1930. The number of hydrogen-bond donors (Lipinski definition) is 18. The molecule has 5 aliphatic heterocycles. The van der Waals surface area contributed by atoms with Gasteiger partial charge < -0.3 is 97.4 Å². The number of primary amides is 3. The van der Waals surface area contributed by atoms with E-state index in [1.165, 1.54) is 24.0 Å². The topological polar surface area (TPSA) is 357 Å². The average molecular weight is 1350 g/mol. The first-order valence-corrected chi connectivity index (χ1v) is 33.8. The zero-order valence-corrected chi connectivity index (χ0v) is 57.2. The number of rotatable bonds is 11. The molecule has 7 rings (SSSR count). The van der Waals surface area contributed by atoms with E-state index in [9.17, 15) is 19.2 Å². The van der Waals surface area contributed by atoms with Crippen LogP contribution < -0.4 is 97.4 Å². The van der Waals surface area contributed by atoms with Gasteiger partial charge in [0.15, 0.2) is 0 Å². The van der Waals surface area contributed by atoms with Crippen molar-refractivity contribution >= 4 is 40.6 Å². The minimum atomic E-state index is -0.408. The highest BCUT2D eigenvalue weighted by atomic mass is 79.9. The van der Waals surface area contributed by atoms with Crippen LogP contribution in [0.25, 0.3) is 0 Å². The number of carbonyl (C=O) groups excluding carboxylic acids is 4. The van der Waals surface area contributed by atoms with E-state index in [4.69, 9.17) is 22.9 Å². The van der Waals surface area contributed by atoms with Gasteiger partial charge in [0.1, 0.15) is 0 Å². The van der Waals surface area contributed by atoms with E-state index in [2.05, 4.69) is 145 Å². The minimum Gasteiger partial charge on any atom is -0.369 e. The average Bonchev–Trinajstić information content (AvgIpc) is 3.93. The summed E-state index contributed by atoms with van der Waals surface area (Å²) in [7, 11) is 0. The highest BCUT2D eigenvalue weighted by molar-refractivity contribution is 8.93. The molecule has 0 bridgehead atoms. The SMILES string of the molecule is Br.NC(=O)CN1CCCNCCN(CC(N)=O)CCN(CC(N)=O)CC1.NCC1CNCCNCCCNCCN1.O=C1CCNCCNCCNCCN1.c1ccc(CN2CCNCCCNCCNCC2)cc1.c1ccc(CN2CCNCCNCC2)cc1. The fourth-order valence-corrected chi connectivity index (χ4v) is 10.3. The fraction of sp³-hybridized carbons (Fsp3) is 0.746. The van der Waals surface area contributed by atoms with Crippen LogP contribution in [-0.4, -0.2) is 316 Å². The Kier molecular flexibility index (Phi) is 54.6. The van der Waals surface area contributed by atoms with E-state index in [0.29, 0.717) is 51.7 Å². The number of hydrogen-bond acceptors (Lipinski definition) is 23. The van der Waals surface area contributed by atoms with E-state index in [1.807, 2.05) is 14.7 Å². The van der Waals surface area contributed by atoms with Crippen LogP contribution in [0.4, 0.5) is 0 Å². The summed E-state index contributed by atoms with van der Waals surface area (Å²) in [5, 5.41) is 47.0. The van der Waals surface area contributed by atoms with Crippen molar-refractivity contribution in [2.75, 3.05) is 262 Å². The van der Waals surface area contributed by atoms with Crippen LogP contribution >= 0.6 is 17.0 Å². The number of nitrogens with one attached hydrogen (secondary N) is 14. The van der Waals surface area contributed by atoms with E-state index in [0.717, 1.165) is 222 Å². The molecule has 91 heavy (non-hydrogen) atoms. The third kappa shape index (κ3) is 51.1. The number of amides is 4. The molecule has 4 amide bonds. The van der Waals surface area contributed by atoms with Gasteiger partial charge >= 0.3 is 0 Å². The van der Waals surface area contributed by atoms with Crippen LogP contribution in [0.15, 0.2) is 60.7 Å². The maximum absolute atomic E-state index is 11.3. The third-order valence-corrected chi connectivity index (χ3v) is 15.3. The Morgan fingerprint density at radius 2 is 0.681 bits per heavy atom. The molecule has 0 radical (unpaired) electrons. The molecule has 524 valence electrons. The van der Waals surface area contributed by atoms with E-state index in [-0.39, 0.29) is 54.3 Å². The second-order valence-electron chi connectivity index (χ2n) is 23.3. The number of benzene rings is 2. The molecule has 0 spiro atoms. The summed E-state index contributed by atoms with van der Waals surface area (Å²) in [6.07, 6.45) is 3.85. The zero-order chi connectivity index (χ0) is 64.4. The van der Waals surface area contributed by atoms with Crippen LogP contribution in [-0.2, 0) is 32.3 Å². The van der Waals surface area contributed by atoms with E-state index >= 15 is 0 Å². The summed E-state index contributed by atoms with van der Waals surface area (Å²) in [5.74, 6) is -1.02. The summed E-state index contributed by atoms with van der Waals surface area (Å²) < 4.78 is 0. The molecule has 22 N–H and O–H groups in total. The second kappa shape index (κ2) is 59.8. The lowest BCUT2D eigenvalue weighted by Gasteiger charge is -2.28. The lowest BCUT2D eigenvalue weighted by molar-refractivity contribution is -0.121. The first kappa shape index (κ1) is 83.1. The molecule has 2 aromatic carbocycles. The lowest BCUT2D eigenvalue weighted by Crippen LogP contribution is -2.46. The van der Waals surface area contributed by atoms with Crippen molar-refractivity contribution in [1.82, 2.24) is 98.9 Å². The molecule has 5 aliphatic rings. The molecule has 28 heteroatoms. The number of halogens is 1. The van der Waals surface area contributed by atoms with Crippen molar-refractivity contribution in [1.29, 1.82) is 0 Å². The van der Waals surface area contributed by atoms with Gasteiger partial charge in [0.05, 0.1) is 19.6 Å². The van der Waals surface area contributed by atoms with Gasteiger partial charge in [0.2, 0.25) is 23.6 Å². The van der Waals surface area contributed by atoms with E-state index < -0.39 is 5.91 Å². The molecule has 5 fully saturated rings. The largest absolute Gasteiger partial charge is 0.369 e. The van der Waals surface area contributed by atoms with E-state index in [1.54, 1.807) is 0 Å². The summed E-state index contributed by atoms with van der Waals surface area (Å²) in [5.41, 5.74) is 24.4. The van der Waals surface area contributed by atoms with Crippen molar-refractivity contribution < 1.29 is 19.2 Å². The Balaban J connectivity index is 0.000000393. The molecule has 1 unspecified atom stereocenters. The van der Waals surface area contributed by atoms with Crippen LogP contribution in [0.3, 0.4) is 0 Å². The smallest absolute Gasteiger partial charge is 0.231 e. The first-order valence-electron chi connectivity index (χ1n) is 33.8. The van der Waals surface area contributed by atoms with Gasteiger partial charge in [-0.1, -0.05) is 60.7 Å². The third-order valence-electron chi connectivity index (χ3n) is 15.3. The molecule has 0 aromatic heterocycles.